The van der Waals surface area contributed by atoms with Crippen LogP contribution < -0.4 is 11.1 Å². The standard InChI is InChI=1S/C29H54N4O4S2/c1-8-24(34-7)28(3,4)37-22-21-35-25(9-2)29(5,6)36-20-19-31-16-12-13-17-32-26(30)15-23-38-39-27-14-10-11-18-33-27/h10-11,14,18,24-25,31H,8-9,12-13,15-17,19-23H2,1-7H3,(H2,30,32). The van der Waals surface area contributed by atoms with Crippen LogP contribution in [0.15, 0.2) is 34.4 Å². The van der Waals surface area contributed by atoms with E-state index < -0.39 is 0 Å². The first kappa shape index (κ1) is 36.1. The van der Waals surface area contributed by atoms with Crippen LogP contribution in [0.4, 0.5) is 0 Å². The van der Waals surface area contributed by atoms with Gasteiger partial charge in [0.15, 0.2) is 0 Å². The van der Waals surface area contributed by atoms with Crippen LogP contribution in [0.3, 0.4) is 0 Å². The quantitative estimate of drug-likeness (QED) is 0.0679. The second-order valence-electron chi connectivity index (χ2n) is 10.5. The van der Waals surface area contributed by atoms with E-state index in [1.165, 1.54) is 0 Å². The zero-order valence-corrected chi connectivity index (χ0v) is 27.0. The van der Waals surface area contributed by atoms with Gasteiger partial charge in [-0.05, 0) is 82.8 Å². The van der Waals surface area contributed by atoms with Crippen molar-refractivity contribution in [3.05, 3.63) is 24.4 Å². The molecule has 0 aliphatic carbocycles. The predicted octanol–water partition coefficient (Wildman–Crippen LogP) is 5.75. The lowest BCUT2D eigenvalue weighted by atomic mass is 9.99. The molecule has 3 N–H and O–H groups in total. The van der Waals surface area contributed by atoms with Gasteiger partial charge < -0.3 is 30.0 Å². The van der Waals surface area contributed by atoms with Crippen molar-refractivity contribution in [3.8, 4) is 0 Å². The lowest BCUT2D eigenvalue weighted by molar-refractivity contribution is -0.156. The summed E-state index contributed by atoms with van der Waals surface area (Å²) in [4.78, 5) is 8.80. The molecule has 10 heteroatoms. The summed E-state index contributed by atoms with van der Waals surface area (Å²) in [6.45, 7) is 16.8. The molecule has 0 amide bonds. The number of ether oxygens (including phenoxy) is 4. The molecule has 0 bridgehead atoms. The van der Waals surface area contributed by atoms with E-state index in [-0.39, 0.29) is 23.4 Å². The molecule has 0 fully saturated rings. The van der Waals surface area contributed by atoms with Crippen molar-refractivity contribution in [2.75, 3.05) is 52.3 Å². The molecule has 0 saturated heterocycles. The molecule has 226 valence electrons. The van der Waals surface area contributed by atoms with Crippen molar-refractivity contribution in [3.63, 3.8) is 0 Å². The van der Waals surface area contributed by atoms with Crippen molar-refractivity contribution < 1.29 is 18.9 Å². The minimum absolute atomic E-state index is 0.00364. The Morgan fingerprint density at radius 1 is 1.00 bits per heavy atom. The zero-order valence-electron chi connectivity index (χ0n) is 25.4. The van der Waals surface area contributed by atoms with Crippen LogP contribution in [0.1, 0.15) is 73.6 Å². The molecule has 2 atom stereocenters. The number of nitrogens with zero attached hydrogens (tertiary/aromatic N) is 2. The second kappa shape index (κ2) is 20.9. The predicted molar refractivity (Wildman–Crippen MR) is 167 cm³/mol. The van der Waals surface area contributed by atoms with E-state index in [4.69, 9.17) is 24.7 Å². The summed E-state index contributed by atoms with van der Waals surface area (Å²) >= 11 is 0. The molecule has 1 aromatic rings. The van der Waals surface area contributed by atoms with Gasteiger partial charge in [-0.2, -0.15) is 0 Å². The highest BCUT2D eigenvalue weighted by molar-refractivity contribution is 8.76. The molecule has 0 saturated carbocycles. The number of methoxy groups -OCH3 is 1. The van der Waals surface area contributed by atoms with Gasteiger partial charge in [0.25, 0.3) is 0 Å². The molecular formula is C29H54N4O4S2. The Morgan fingerprint density at radius 2 is 1.72 bits per heavy atom. The molecule has 2 unspecified atom stereocenters. The van der Waals surface area contributed by atoms with Crippen LogP contribution in [0.2, 0.25) is 0 Å². The summed E-state index contributed by atoms with van der Waals surface area (Å²) in [5.41, 5.74) is 5.34. The van der Waals surface area contributed by atoms with Crippen molar-refractivity contribution in [2.24, 2.45) is 10.7 Å². The van der Waals surface area contributed by atoms with E-state index in [2.05, 4.69) is 56.8 Å². The SMILES string of the molecule is CCC(OC)C(C)(C)OCCOC(CC)C(C)(C)OCCNCCCCN=C(N)CCSSc1ccccn1. The van der Waals surface area contributed by atoms with Gasteiger partial charge >= 0.3 is 0 Å². The van der Waals surface area contributed by atoms with E-state index in [1.807, 2.05) is 24.4 Å². The summed E-state index contributed by atoms with van der Waals surface area (Å²) in [7, 11) is 5.16. The molecule has 1 rings (SSSR count). The highest BCUT2D eigenvalue weighted by Crippen LogP contribution is 2.29. The largest absolute Gasteiger partial charge is 0.387 e. The highest BCUT2D eigenvalue weighted by atomic mass is 33.1. The third kappa shape index (κ3) is 16.2. The fourth-order valence-electron chi connectivity index (χ4n) is 4.25. The molecular weight excluding hydrogens is 532 g/mol. The average Bonchev–Trinajstić information content (AvgIpc) is 2.91. The number of hydrogen-bond donors (Lipinski definition) is 2. The average molecular weight is 587 g/mol. The molecule has 0 aromatic carbocycles. The van der Waals surface area contributed by atoms with E-state index in [0.29, 0.717) is 19.8 Å². The number of hydrogen-bond acceptors (Lipinski definition) is 9. The minimum Gasteiger partial charge on any atom is -0.387 e. The number of unbranched alkanes of at least 4 members (excludes halogenated alkanes) is 1. The Balaban J connectivity index is 2.10. The number of aromatic nitrogens is 1. The van der Waals surface area contributed by atoms with Crippen LogP contribution in [0.5, 0.6) is 0 Å². The smallest absolute Gasteiger partial charge is 0.106 e. The van der Waals surface area contributed by atoms with Crippen molar-refractivity contribution >= 4 is 27.4 Å². The van der Waals surface area contributed by atoms with Crippen molar-refractivity contribution in [2.45, 2.75) is 102 Å². The Morgan fingerprint density at radius 3 is 2.38 bits per heavy atom. The van der Waals surface area contributed by atoms with E-state index >= 15 is 0 Å². The molecule has 8 nitrogen and oxygen atoms in total. The fraction of sp³-hybridized carbons (Fsp3) is 0.793. The van der Waals surface area contributed by atoms with E-state index in [9.17, 15) is 0 Å². The first-order chi connectivity index (χ1) is 18.7. The Kier molecular flexibility index (Phi) is 19.4. The van der Waals surface area contributed by atoms with Crippen LogP contribution in [0, 0.1) is 0 Å². The number of aliphatic imine (C=N–C) groups is 1. The van der Waals surface area contributed by atoms with Gasteiger partial charge in [0, 0.05) is 38.6 Å². The summed E-state index contributed by atoms with van der Waals surface area (Å²) in [6, 6.07) is 5.93. The fourth-order valence-corrected chi connectivity index (χ4v) is 6.15. The molecule has 1 aromatic heterocycles. The summed E-state index contributed by atoms with van der Waals surface area (Å²) in [5, 5.41) is 4.48. The maximum absolute atomic E-state index is 6.19. The Hall–Kier alpha value is -0.880. The molecule has 1 heterocycles. The van der Waals surface area contributed by atoms with Gasteiger partial charge in [-0.1, -0.05) is 30.7 Å². The van der Waals surface area contributed by atoms with E-state index in [0.717, 1.165) is 68.4 Å². The summed E-state index contributed by atoms with van der Waals surface area (Å²) in [6.07, 6.45) is 6.55. The van der Waals surface area contributed by atoms with Crippen LogP contribution in [-0.4, -0.2) is 86.5 Å². The van der Waals surface area contributed by atoms with Crippen LogP contribution in [0.25, 0.3) is 0 Å². The Labute approximate surface area is 245 Å². The van der Waals surface area contributed by atoms with Gasteiger partial charge in [-0.3, -0.25) is 4.99 Å². The molecule has 39 heavy (non-hydrogen) atoms. The van der Waals surface area contributed by atoms with Gasteiger partial charge in [-0.25, -0.2) is 4.98 Å². The number of nitrogens with one attached hydrogen (secondary N) is 1. The lowest BCUT2D eigenvalue weighted by Gasteiger charge is -2.35. The van der Waals surface area contributed by atoms with Crippen molar-refractivity contribution in [1.29, 1.82) is 0 Å². The Bertz CT molecular complexity index is 765. The van der Waals surface area contributed by atoms with Gasteiger partial charge in [0.2, 0.25) is 0 Å². The third-order valence-corrected chi connectivity index (χ3v) is 8.77. The maximum Gasteiger partial charge on any atom is 0.106 e. The molecule has 0 spiro atoms. The van der Waals surface area contributed by atoms with Crippen LogP contribution in [-0.2, 0) is 18.9 Å². The summed E-state index contributed by atoms with van der Waals surface area (Å²) < 4.78 is 24.0. The first-order valence-electron chi connectivity index (χ1n) is 14.3. The maximum atomic E-state index is 6.19. The number of pyridine rings is 1. The third-order valence-electron chi connectivity index (χ3n) is 6.51. The second-order valence-corrected chi connectivity index (χ2v) is 12.9. The summed E-state index contributed by atoms with van der Waals surface area (Å²) in [5.74, 6) is 1.66. The first-order valence-corrected chi connectivity index (χ1v) is 16.6. The lowest BCUT2D eigenvalue weighted by Crippen LogP contribution is -2.44. The van der Waals surface area contributed by atoms with E-state index in [1.54, 1.807) is 28.7 Å². The minimum atomic E-state index is -0.370. The number of rotatable bonds is 24. The van der Waals surface area contributed by atoms with Gasteiger partial charge in [0.05, 0.1) is 49.1 Å². The monoisotopic (exact) mass is 586 g/mol. The zero-order chi connectivity index (χ0) is 29.0. The highest BCUT2D eigenvalue weighted by Gasteiger charge is 2.31. The number of nitrogens with two attached hydrogens (primary N) is 1. The van der Waals surface area contributed by atoms with Crippen LogP contribution >= 0.6 is 21.6 Å². The molecule has 0 radical (unpaired) electrons. The van der Waals surface area contributed by atoms with Gasteiger partial charge in [-0.15, -0.1) is 0 Å². The normalized spacial score (nSPS) is 14.5. The number of amidine groups is 1. The molecule has 0 aliphatic rings. The van der Waals surface area contributed by atoms with Gasteiger partial charge in [0.1, 0.15) is 5.03 Å². The topological polar surface area (TPSA) is 100 Å². The molecule has 0 aliphatic heterocycles. The van der Waals surface area contributed by atoms with Crippen molar-refractivity contribution in [1.82, 2.24) is 10.3 Å².